The molecular formula is C24H19N3O2. The fourth-order valence-corrected chi connectivity index (χ4v) is 3.59. The van der Waals surface area contributed by atoms with Gasteiger partial charge >= 0.3 is 0 Å². The van der Waals surface area contributed by atoms with Crippen LogP contribution >= 0.6 is 0 Å². The predicted octanol–water partition coefficient (Wildman–Crippen LogP) is 4.91. The van der Waals surface area contributed by atoms with Crippen molar-refractivity contribution in [2.45, 2.75) is 0 Å². The van der Waals surface area contributed by atoms with Gasteiger partial charge in [0.2, 0.25) is 0 Å². The van der Waals surface area contributed by atoms with Gasteiger partial charge in [-0.05, 0) is 30.3 Å². The van der Waals surface area contributed by atoms with Crippen LogP contribution in [0.3, 0.4) is 0 Å². The molecule has 1 aliphatic rings. The molecule has 1 atom stereocenters. The maximum absolute atomic E-state index is 14.1. The Morgan fingerprint density at radius 2 is 1.79 bits per heavy atom. The summed E-state index contributed by atoms with van der Waals surface area (Å²) >= 11 is 0. The molecule has 5 nitrogen and oxygen atoms in total. The summed E-state index contributed by atoms with van der Waals surface area (Å²) in [6.45, 7) is 0.148. The van der Waals surface area contributed by atoms with Crippen LogP contribution in [0.4, 0.5) is 5.69 Å². The summed E-state index contributed by atoms with van der Waals surface area (Å²) in [5.74, 6) is 0.522. The number of nitrogens with zero attached hydrogens (tertiary/aromatic N) is 3. The molecule has 0 fully saturated rings. The third-order valence-electron chi connectivity index (χ3n) is 4.93. The minimum absolute atomic E-state index is 0.148. The second-order valence-corrected chi connectivity index (χ2v) is 6.75. The number of hydroxylamine groups is 2. The van der Waals surface area contributed by atoms with Gasteiger partial charge in [0.25, 0.3) is 0 Å². The number of ether oxygens (including phenoxy) is 1. The summed E-state index contributed by atoms with van der Waals surface area (Å²) in [7, 11) is 1.56. The van der Waals surface area contributed by atoms with E-state index in [1.54, 1.807) is 37.7 Å². The first-order chi connectivity index (χ1) is 14.1. The zero-order valence-electron chi connectivity index (χ0n) is 15.9. The lowest BCUT2D eigenvalue weighted by molar-refractivity contribution is 0.400. The van der Waals surface area contributed by atoms with Crippen LogP contribution in [0, 0.1) is 16.5 Å². The number of benzene rings is 2. The lowest BCUT2D eigenvalue weighted by atomic mass is 9.94. The largest absolute Gasteiger partial charge is 0.622 e. The number of quaternary nitrogens is 1. The van der Waals surface area contributed by atoms with E-state index >= 15 is 0 Å². The summed E-state index contributed by atoms with van der Waals surface area (Å²) in [5.41, 5.74) is 3.99. The van der Waals surface area contributed by atoms with Crippen molar-refractivity contribution in [3.8, 4) is 11.8 Å². The molecule has 4 rings (SSSR count). The van der Waals surface area contributed by atoms with E-state index in [1.165, 1.54) is 0 Å². The maximum atomic E-state index is 14.1. The number of hydrogen-bond donors (Lipinski definition) is 0. The van der Waals surface area contributed by atoms with Crippen molar-refractivity contribution in [1.29, 1.82) is 5.26 Å². The molecule has 5 heteroatoms. The van der Waals surface area contributed by atoms with Crippen LogP contribution in [0.5, 0.6) is 5.75 Å². The van der Waals surface area contributed by atoms with E-state index in [1.807, 2.05) is 54.6 Å². The minimum Gasteiger partial charge on any atom is -0.622 e. The summed E-state index contributed by atoms with van der Waals surface area (Å²) in [4.78, 5) is 4.42. The average molecular weight is 381 g/mol. The lowest BCUT2D eigenvalue weighted by Gasteiger charge is -2.42. The normalized spacial score (nSPS) is 18.4. The Bertz CT molecular complexity index is 1150. The van der Waals surface area contributed by atoms with Crippen LogP contribution < -0.4 is 9.38 Å². The van der Waals surface area contributed by atoms with Gasteiger partial charge in [-0.25, -0.2) is 0 Å². The predicted molar refractivity (Wildman–Crippen MR) is 114 cm³/mol. The van der Waals surface area contributed by atoms with Gasteiger partial charge in [-0.15, -0.1) is 0 Å². The molecule has 142 valence electrons. The number of para-hydroxylation sites is 2. The molecule has 29 heavy (non-hydrogen) atoms. The Labute approximate surface area is 169 Å². The highest BCUT2D eigenvalue weighted by Gasteiger charge is 2.30. The average Bonchev–Trinajstić information content (AvgIpc) is 2.79. The van der Waals surface area contributed by atoms with E-state index in [2.05, 4.69) is 11.1 Å². The van der Waals surface area contributed by atoms with Crippen LogP contribution in [-0.2, 0) is 0 Å². The van der Waals surface area contributed by atoms with Crippen molar-refractivity contribution in [2.24, 2.45) is 0 Å². The molecule has 0 aliphatic carbocycles. The highest BCUT2D eigenvalue weighted by molar-refractivity contribution is 5.89. The smallest absolute Gasteiger partial charge is 0.180 e. The van der Waals surface area contributed by atoms with Gasteiger partial charge in [-0.1, -0.05) is 36.4 Å². The molecule has 3 aromatic rings. The fourth-order valence-electron chi connectivity index (χ4n) is 3.59. The monoisotopic (exact) mass is 381 g/mol. The first kappa shape index (κ1) is 18.6. The highest BCUT2D eigenvalue weighted by atomic mass is 16.5. The van der Waals surface area contributed by atoms with E-state index in [9.17, 15) is 10.5 Å². The van der Waals surface area contributed by atoms with Crippen LogP contribution in [0.2, 0.25) is 0 Å². The Morgan fingerprint density at radius 3 is 2.55 bits per heavy atom. The number of methoxy groups -OCH3 is 1. The van der Waals surface area contributed by atoms with Crippen LogP contribution in [-0.4, -0.2) is 18.6 Å². The van der Waals surface area contributed by atoms with Gasteiger partial charge in [0.1, 0.15) is 12.7 Å². The molecule has 0 saturated carbocycles. The van der Waals surface area contributed by atoms with Crippen molar-refractivity contribution in [2.75, 3.05) is 13.7 Å². The molecule has 0 spiro atoms. The molecule has 0 amide bonds. The van der Waals surface area contributed by atoms with Gasteiger partial charge in [0.05, 0.1) is 30.0 Å². The van der Waals surface area contributed by atoms with Crippen molar-refractivity contribution >= 4 is 16.8 Å². The van der Waals surface area contributed by atoms with Crippen molar-refractivity contribution in [1.82, 2.24) is 9.63 Å². The third-order valence-corrected chi connectivity index (χ3v) is 4.93. The van der Waals surface area contributed by atoms with E-state index in [4.69, 9.17) is 4.74 Å². The molecule has 0 saturated heterocycles. The molecule has 1 unspecified atom stereocenters. The molecule has 2 aromatic carbocycles. The van der Waals surface area contributed by atoms with Crippen LogP contribution in [0.25, 0.3) is 11.1 Å². The van der Waals surface area contributed by atoms with Crippen molar-refractivity contribution in [3.63, 3.8) is 0 Å². The topological polar surface area (TPSA) is 69.0 Å². The van der Waals surface area contributed by atoms with Crippen LogP contribution in [0.15, 0.2) is 85.2 Å². The lowest BCUT2D eigenvalue weighted by Crippen LogP contribution is -2.41. The molecule has 1 aliphatic heterocycles. The Balaban J connectivity index is 1.92. The molecule has 2 heterocycles. The van der Waals surface area contributed by atoms with Gasteiger partial charge in [-0.2, -0.15) is 5.26 Å². The van der Waals surface area contributed by atoms with E-state index in [0.29, 0.717) is 28.3 Å². The summed E-state index contributed by atoms with van der Waals surface area (Å²) in [5, 5.41) is 23.7. The minimum atomic E-state index is -0.735. The van der Waals surface area contributed by atoms with E-state index in [-0.39, 0.29) is 6.54 Å². The number of hydrogen-bond acceptors (Lipinski definition) is 4. The number of nitriles is 1. The van der Waals surface area contributed by atoms with Gasteiger partial charge in [-0.3, -0.25) is 9.63 Å². The van der Waals surface area contributed by atoms with E-state index in [0.717, 1.165) is 11.1 Å². The zero-order chi connectivity index (χ0) is 20.3. The summed E-state index contributed by atoms with van der Waals surface area (Å²) < 4.78 is 4.72. The standard InChI is InChI=1S/C24H19N3O2/c1-29-24-12-5-4-11-23(24)27(28)16-19(21-9-3-2-8-18(21)15-25)14-20(17-27)22-10-6-7-13-26-22/h2-14,17H,16H2,1H3. The summed E-state index contributed by atoms with van der Waals surface area (Å²) in [6.07, 6.45) is 5.30. The van der Waals surface area contributed by atoms with Crippen molar-refractivity contribution in [3.05, 3.63) is 107 Å². The van der Waals surface area contributed by atoms with Crippen LogP contribution in [0.1, 0.15) is 16.8 Å². The van der Waals surface area contributed by atoms with Gasteiger partial charge in [0.15, 0.2) is 11.4 Å². The SMILES string of the molecule is COc1ccccc1[N+]1([O-])C=C(c2ccccn2)C=C(c2ccccc2C#N)C1. The second kappa shape index (κ2) is 7.72. The number of allylic oxidation sites excluding steroid dienone is 2. The van der Waals surface area contributed by atoms with Gasteiger partial charge < -0.3 is 9.94 Å². The Hall–Kier alpha value is -3.72. The maximum Gasteiger partial charge on any atom is 0.180 e. The Kier molecular flexibility index (Phi) is 4.96. The van der Waals surface area contributed by atoms with E-state index < -0.39 is 4.65 Å². The fraction of sp³-hybridized carbons (Fsp3) is 0.0833. The third kappa shape index (κ3) is 3.55. The Morgan fingerprint density at radius 1 is 1.03 bits per heavy atom. The first-order valence-electron chi connectivity index (χ1n) is 9.21. The molecule has 0 N–H and O–H groups in total. The molecule has 0 bridgehead atoms. The zero-order valence-corrected chi connectivity index (χ0v) is 15.9. The molecule has 0 radical (unpaired) electrons. The highest BCUT2D eigenvalue weighted by Crippen LogP contribution is 2.40. The molecule has 1 aromatic heterocycles. The van der Waals surface area contributed by atoms with Crippen molar-refractivity contribution < 1.29 is 4.74 Å². The summed E-state index contributed by atoms with van der Waals surface area (Å²) in [6, 6.07) is 22.4. The van der Waals surface area contributed by atoms with Gasteiger partial charge in [0, 0.05) is 23.4 Å². The molecular weight excluding hydrogens is 362 g/mol. The number of pyridine rings is 1. The second-order valence-electron chi connectivity index (χ2n) is 6.75. The number of rotatable bonds is 4. The first-order valence-corrected chi connectivity index (χ1v) is 9.21. The quantitative estimate of drug-likeness (QED) is 0.476. The number of aromatic nitrogens is 1.